The van der Waals surface area contributed by atoms with E-state index in [9.17, 15) is 4.79 Å². The highest BCUT2D eigenvalue weighted by molar-refractivity contribution is 5.75. The van der Waals surface area contributed by atoms with Crippen LogP contribution in [-0.4, -0.2) is 24.3 Å². The summed E-state index contributed by atoms with van der Waals surface area (Å²) in [5.74, 6) is -0.145. The van der Waals surface area contributed by atoms with Gasteiger partial charge in [0.1, 0.15) is 0 Å². The van der Waals surface area contributed by atoms with Crippen molar-refractivity contribution < 1.29 is 14.6 Å². The fourth-order valence-corrected chi connectivity index (χ4v) is 0.718. The molecule has 0 radical (unpaired) electrons. The molecule has 0 saturated heterocycles. The molecule has 1 N–H and O–H groups in total. The van der Waals surface area contributed by atoms with Crippen LogP contribution < -0.4 is 0 Å². The van der Waals surface area contributed by atoms with Crippen LogP contribution in [0.1, 0.15) is 40.0 Å². The molecule has 0 atom stereocenters. The van der Waals surface area contributed by atoms with E-state index in [0.717, 1.165) is 12.8 Å². The minimum Gasteiger partial charge on any atom is -0.465 e. The average molecular weight is 188 g/mol. The van der Waals surface area contributed by atoms with Crippen LogP contribution >= 0.6 is 0 Å². The maximum absolute atomic E-state index is 11.4. The van der Waals surface area contributed by atoms with E-state index < -0.39 is 0 Å². The smallest absolute Gasteiger partial charge is 0.311 e. The van der Waals surface area contributed by atoms with Gasteiger partial charge in [-0.05, 0) is 33.1 Å². The third kappa shape index (κ3) is 4.88. The van der Waals surface area contributed by atoms with E-state index in [4.69, 9.17) is 9.84 Å². The number of hydrogen-bond donors (Lipinski definition) is 1. The molecule has 0 aromatic carbocycles. The Balaban J connectivity index is 3.62. The summed E-state index contributed by atoms with van der Waals surface area (Å²) < 4.78 is 5.05. The molecule has 0 spiro atoms. The van der Waals surface area contributed by atoms with Crippen LogP contribution in [0.4, 0.5) is 0 Å². The van der Waals surface area contributed by atoms with Crippen molar-refractivity contribution in [1.82, 2.24) is 0 Å². The van der Waals surface area contributed by atoms with Gasteiger partial charge in [0.2, 0.25) is 0 Å². The van der Waals surface area contributed by atoms with Crippen molar-refractivity contribution in [3.05, 3.63) is 0 Å². The first-order valence-electron chi connectivity index (χ1n) is 4.82. The molecule has 0 aromatic rings. The second kappa shape index (κ2) is 5.97. The van der Waals surface area contributed by atoms with Crippen LogP contribution in [0.3, 0.4) is 0 Å². The third-order valence-electron chi connectivity index (χ3n) is 2.22. The summed E-state index contributed by atoms with van der Waals surface area (Å²) in [4.78, 5) is 11.4. The molecule has 13 heavy (non-hydrogen) atoms. The normalized spacial score (nSPS) is 11.4. The zero-order valence-corrected chi connectivity index (χ0v) is 8.80. The van der Waals surface area contributed by atoms with Gasteiger partial charge in [-0.25, -0.2) is 0 Å². The molecule has 0 heterocycles. The Morgan fingerprint density at radius 1 is 1.38 bits per heavy atom. The van der Waals surface area contributed by atoms with Crippen molar-refractivity contribution in [2.24, 2.45) is 5.41 Å². The average Bonchev–Trinajstić information content (AvgIpc) is 2.12. The highest BCUT2D eigenvalue weighted by atomic mass is 16.5. The lowest BCUT2D eigenvalue weighted by Crippen LogP contribution is -2.26. The predicted octanol–water partition coefficient (Wildman–Crippen LogP) is 1.74. The van der Waals surface area contributed by atoms with E-state index in [1.165, 1.54) is 0 Å². The fourth-order valence-electron chi connectivity index (χ4n) is 0.718. The molecule has 0 unspecified atom stereocenters. The van der Waals surface area contributed by atoms with Crippen molar-refractivity contribution in [2.45, 2.75) is 40.0 Å². The first kappa shape index (κ1) is 12.4. The van der Waals surface area contributed by atoms with Gasteiger partial charge in [-0.3, -0.25) is 4.79 Å². The number of aliphatic hydroxyl groups is 1. The molecule has 78 valence electrons. The Bertz CT molecular complexity index is 152. The largest absolute Gasteiger partial charge is 0.465 e. The lowest BCUT2D eigenvalue weighted by molar-refractivity contribution is -0.154. The maximum atomic E-state index is 11.4. The van der Waals surface area contributed by atoms with E-state index in [2.05, 4.69) is 0 Å². The summed E-state index contributed by atoms with van der Waals surface area (Å²) in [6, 6.07) is 0. The summed E-state index contributed by atoms with van der Waals surface area (Å²) in [6.07, 6.45) is 2.22. The number of rotatable bonds is 6. The topological polar surface area (TPSA) is 46.5 Å². The van der Waals surface area contributed by atoms with Crippen molar-refractivity contribution in [1.29, 1.82) is 0 Å². The second-order valence-electron chi connectivity index (χ2n) is 3.80. The molecule has 0 aliphatic rings. The van der Waals surface area contributed by atoms with Crippen molar-refractivity contribution in [2.75, 3.05) is 13.2 Å². The maximum Gasteiger partial charge on any atom is 0.311 e. The van der Waals surface area contributed by atoms with E-state index in [0.29, 0.717) is 13.0 Å². The minimum absolute atomic E-state index is 0.145. The predicted molar refractivity (Wildman–Crippen MR) is 51.4 cm³/mol. The zero-order valence-electron chi connectivity index (χ0n) is 8.80. The van der Waals surface area contributed by atoms with Gasteiger partial charge < -0.3 is 9.84 Å². The first-order chi connectivity index (χ1) is 6.04. The van der Waals surface area contributed by atoms with Crippen LogP contribution in [0.2, 0.25) is 0 Å². The molecule has 0 bridgehead atoms. The van der Waals surface area contributed by atoms with Crippen LogP contribution in [0, 0.1) is 5.41 Å². The van der Waals surface area contributed by atoms with Gasteiger partial charge in [-0.1, -0.05) is 6.92 Å². The quantitative estimate of drug-likeness (QED) is 0.510. The van der Waals surface area contributed by atoms with Gasteiger partial charge in [0.15, 0.2) is 0 Å². The summed E-state index contributed by atoms with van der Waals surface area (Å²) in [7, 11) is 0. The minimum atomic E-state index is -0.376. The van der Waals surface area contributed by atoms with Gasteiger partial charge in [0.05, 0.1) is 12.0 Å². The van der Waals surface area contributed by atoms with Gasteiger partial charge in [-0.2, -0.15) is 0 Å². The molecular weight excluding hydrogens is 168 g/mol. The van der Waals surface area contributed by atoms with Crippen LogP contribution in [0.15, 0.2) is 0 Å². The lowest BCUT2D eigenvalue weighted by Gasteiger charge is -2.20. The molecule has 0 aromatic heterocycles. The van der Waals surface area contributed by atoms with Crippen LogP contribution in [0.25, 0.3) is 0 Å². The highest BCUT2D eigenvalue weighted by Gasteiger charge is 2.26. The number of hydrogen-bond acceptors (Lipinski definition) is 3. The van der Waals surface area contributed by atoms with Gasteiger partial charge in [0, 0.05) is 6.61 Å². The number of aliphatic hydroxyl groups excluding tert-OH is 1. The molecule has 0 aliphatic carbocycles. The molecule has 0 amide bonds. The number of unbranched alkanes of at least 4 members (excludes halogenated alkanes) is 1. The Morgan fingerprint density at radius 2 is 2.00 bits per heavy atom. The van der Waals surface area contributed by atoms with E-state index in [-0.39, 0.29) is 18.0 Å². The van der Waals surface area contributed by atoms with Crippen molar-refractivity contribution in [3.8, 4) is 0 Å². The Labute approximate surface area is 80.1 Å². The summed E-state index contributed by atoms with van der Waals surface area (Å²) in [6.45, 7) is 6.30. The molecule has 3 heteroatoms. The monoisotopic (exact) mass is 188 g/mol. The highest BCUT2D eigenvalue weighted by Crippen LogP contribution is 2.21. The molecule has 0 fully saturated rings. The number of ether oxygens (including phenoxy) is 1. The Kier molecular flexibility index (Phi) is 5.71. The zero-order chi connectivity index (χ0) is 10.3. The number of esters is 1. The second-order valence-corrected chi connectivity index (χ2v) is 3.80. The van der Waals surface area contributed by atoms with Crippen molar-refractivity contribution in [3.63, 3.8) is 0 Å². The van der Waals surface area contributed by atoms with E-state index in [1.54, 1.807) is 0 Å². The Morgan fingerprint density at radius 3 is 2.46 bits per heavy atom. The summed E-state index contributed by atoms with van der Waals surface area (Å²) in [5, 5.41) is 8.50. The third-order valence-corrected chi connectivity index (χ3v) is 2.22. The lowest BCUT2D eigenvalue weighted by atomic mass is 9.91. The van der Waals surface area contributed by atoms with E-state index >= 15 is 0 Å². The summed E-state index contributed by atoms with van der Waals surface area (Å²) >= 11 is 0. The van der Waals surface area contributed by atoms with Gasteiger partial charge >= 0.3 is 5.97 Å². The Hall–Kier alpha value is -0.570. The number of carbonyl (C=O) groups is 1. The van der Waals surface area contributed by atoms with Gasteiger partial charge in [-0.15, -0.1) is 0 Å². The molecular formula is C10H20O3. The summed E-state index contributed by atoms with van der Waals surface area (Å²) in [5.41, 5.74) is -0.376. The van der Waals surface area contributed by atoms with Crippen LogP contribution in [0.5, 0.6) is 0 Å². The molecule has 0 rings (SSSR count). The van der Waals surface area contributed by atoms with Crippen LogP contribution in [-0.2, 0) is 9.53 Å². The SMILES string of the molecule is CCC(C)(C)C(=O)OCCCCO. The first-order valence-corrected chi connectivity index (χ1v) is 4.82. The number of carbonyl (C=O) groups excluding carboxylic acids is 1. The van der Waals surface area contributed by atoms with E-state index in [1.807, 2.05) is 20.8 Å². The fraction of sp³-hybridized carbons (Fsp3) is 0.900. The standard InChI is InChI=1S/C10H20O3/c1-4-10(2,3)9(12)13-8-6-5-7-11/h11H,4-8H2,1-3H3. The van der Waals surface area contributed by atoms with Gasteiger partial charge in [0.25, 0.3) is 0 Å². The molecule has 0 saturated carbocycles. The molecule has 0 aliphatic heterocycles. The molecule has 3 nitrogen and oxygen atoms in total. The van der Waals surface area contributed by atoms with Crippen molar-refractivity contribution >= 4 is 5.97 Å².